The normalized spacial score (nSPS) is 18.4. The summed E-state index contributed by atoms with van der Waals surface area (Å²) < 4.78 is 0. The van der Waals surface area contributed by atoms with Crippen LogP contribution in [0.4, 0.5) is 0 Å². The molecule has 1 fully saturated rings. The molecule has 1 unspecified atom stereocenters. The van der Waals surface area contributed by atoms with Gasteiger partial charge in [0, 0.05) is 32.2 Å². The second-order valence-corrected chi connectivity index (χ2v) is 5.77. The molecule has 1 atom stereocenters. The Balaban J connectivity index is 1.98. The molecule has 0 aliphatic carbocycles. The highest BCUT2D eigenvalue weighted by Gasteiger charge is 2.27. The highest BCUT2D eigenvalue weighted by atomic mass is 16.3. The monoisotopic (exact) mass is 276 g/mol. The average Bonchev–Trinajstić information content (AvgIpc) is 2.46. The van der Waals surface area contributed by atoms with E-state index < -0.39 is 6.10 Å². The molecule has 1 aliphatic rings. The zero-order valence-electron chi connectivity index (χ0n) is 12.5. The second-order valence-electron chi connectivity index (χ2n) is 5.77. The topological polar surface area (TPSA) is 43.8 Å². The van der Waals surface area contributed by atoms with Gasteiger partial charge in [0.05, 0.1) is 0 Å². The molecule has 20 heavy (non-hydrogen) atoms. The van der Waals surface area contributed by atoms with Gasteiger partial charge in [-0.15, -0.1) is 0 Å². The third-order valence-corrected chi connectivity index (χ3v) is 3.95. The molecular formula is C16H24N2O2. The fourth-order valence-corrected chi connectivity index (χ4v) is 2.61. The number of rotatable bonds is 3. The highest BCUT2D eigenvalue weighted by molar-refractivity contribution is 5.82. The van der Waals surface area contributed by atoms with Crippen molar-refractivity contribution in [3.8, 4) is 0 Å². The minimum Gasteiger partial charge on any atom is -0.378 e. The maximum atomic E-state index is 12.3. The van der Waals surface area contributed by atoms with Gasteiger partial charge in [0.25, 0.3) is 5.91 Å². The zero-order chi connectivity index (χ0) is 14.7. The quantitative estimate of drug-likeness (QED) is 0.911. The average molecular weight is 276 g/mol. The number of nitrogens with zero attached hydrogens (tertiary/aromatic N) is 2. The summed E-state index contributed by atoms with van der Waals surface area (Å²) in [6, 6.07) is 8.02. The van der Waals surface area contributed by atoms with Gasteiger partial charge in [-0.1, -0.05) is 29.8 Å². The van der Waals surface area contributed by atoms with Gasteiger partial charge in [0.1, 0.15) is 0 Å². The summed E-state index contributed by atoms with van der Waals surface area (Å²) in [6.07, 6.45) is -1.04. The molecule has 1 saturated heterocycles. The van der Waals surface area contributed by atoms with Crippen molar-refractivity contribution in [1.29, 1.82) is 0 Å². The lowest BCUT2D eigenvalue weighted by atomic mass is 10.1. The number of aliphatic hydroxyl groups is 1. The number of amides is 1. The number of piperazine rings is 1. The maximum Gasteiger partial charge on any atom is 0.256 e. The minimum atomic E-state index is -1.04. The summed E-state index contributed by atoms with van der Waals surface area (Å²) in [7, 11) is 0. The summed E-state index contributed by atoms with van der Waals surface area (Å²) in [4.78, 5) is 16.5. The Morgan fingerprint density at radius 3 is 2.40 bits per heavy atom. The van der Waals surface area contributed by atoms with Gasteiger partial charge < -0.3 is 10.0 Å². The Morgan fingerprint density at radius 2 is 1.85 bits per heavy atom. The Morgan fingerprint density at radius 1 is 1.20 bits per heavy atom. The molecule has 1 heterocycles. The van der Waals surface area contributed by atoms with E-state index in [1.807, 2.05) is 25.1 Å². The van der Waals surface area contributed by atoms with E-state index in [2.05, 4.69) is 18.7 Å². The SMILES string of the molecule is Cc1cccc(C(O)C(=O)N2CCN(C(C)C)CC2)c1. The van der Waals surface area contributed by atoms with E-state index in [0.29, 0.717) is 24.7 Å². The maximum absolute atomic E-state index is 12.3. The van der Waals surface area contributed by atoms with Gasteiger partial charge in [-0.2, -0.15) is 0 Å². The lowest BCUT2D eigenvalue weighted by Gasteiger charge is -2.37. The Bertz CT molecular complexity index is 465. The van der Waals surface area contributed by atoms with E-state index >= 15 is 0 Å². The molecule has 0 spiro atoms. The van der Waals surface area contributed by atoms with Crippen LogP contribution in [-0.2, 0) is 4.79 Å². The second kappa shape index (κ2) is 6.37. The van der Waals surface area contributed by atoms with E-state index in [1.54, 1.807) is 11.0 Å². The van der Waals surface area contributed by atoms with E-state index in [9.17, 15) is 9.90 Å². The number of hydrogen-bond donors (Lipinski definition) is 1. The van der Waals surface area contributed by atoms with Gasteiger partial charge in [-0.3, -0.25) is 9.69 Å². The molecule has 2 rings (SSSR count). The van der Waals surface area contributed by atoms with Crippen molar-refractivity contribution in [2.45, 2.75) is 32.9 Å². The molecule has 1 aromatic carbocycles. The lowest BCUT2D eigenvalue weighted by Crippen LogP contribution is -2.51. The fourth-order valence-electron chi connectivity index (χ4n) is 2.61. The standard InChI is InChI=1S/C16H24N2O2/c1-12(2)17-7-9-18(10-8-17)16(20)15(19)14-6-4-5-13(3)11-14/h4-6,11-12,15,19H,7-10H2,1-3H3. The molecule has 0 aromatic heterocycles. The van der Waals surface area contributed by atoms with E-state index in [4.69, 9.17) is 0 Å². The molecule has 4 heteroatoms. The summed E-state index contributed by atoms with van der Waals surface area (Å²) in [5, 5.41) is 10.2. The number of carbonyl (C=O) groups excluding carboxylic acids is 1. The van der Waals surface area contributed by atoms with Crippen LogP contribution in [0.3, 0.4) is 0 Å². The van der Waals surface area contributed by atoms with Crippen LogP contribution in [0.25, 0.3) is 0 Å². The van der Waals surface area contributed by atoms with E-state index in [-0.39, 0.29) is 5.91 Å². The Hall–Kier alpha value is -1.39. The van der Waals surface area contributed by atoms with Crippen LogP contribution in [0.15, 0.2) is 24.3 Å². The first-order valence-electron chi connectivity index (χ1n) is 7.26. The van der Waals surface area contributed by atoms with Crippen LogP contribution in [0, 0.1) is 6.92 Å². The van der Waals surface area contributed by atoms with Gasteiger partial charge in [0.15, 0.2) is 6.10 Å². The van der Waals surface area contributed by atoms with Crippen LogP contribution in [0.5, 0.6) is 0 Å². The summed E-state index contributed by atoms with van der Waals surface area (Å²) >= 11 is 0. The third kappa shape index (κ3) is 3.38. The molecule has 1 N–H and O–H groups in total. The van der Waals surface area contributed by atoms with Gasteiger partial charge in [-0.25, -0.2) is 0 Å². The van der Waals surface area contributed by atoms with E-state index in [1.165, 1.54) is 0 Å². The number of aliphatic hydroxyl groups excluding tert-OH is 1. The molecule has 110 valence electrons. The van der Waals surface area contributed by atoms with Crippen molar-refractivity contribution in [2.24, 2.45) is 0 Å². The van der Waals surface area contributed by atoms with Gasteiger partial charge in [0.2, 0.25) is 0 Å². The van der Waals surface area contributed by atoms with Crippen molar-refractivity contribution in [2.75, 3.05) is 26.2 Å². The first-order chi connectivity index (χ1) is 9.49. The van der Waals surface area contributed by atoms with E-state index in [0.717, 1.165) is 18.7 Å². The van der Waals surface area contributed by atoms with Crippen LogP contribution in [0.2, 0.25) is 0 Å². The molecule has 0 bridgehead atoms. The fraction of sp³-hybridized carbons (Fsp3) is 0.562. The molecule has 1 amide bonds. The number of benzene rings is 1. The summed E-state index contributed by atoms with van der Waals surface area (Å²) in [6.45, 7) is 9.44. The molecule has 1 aliphatic heterocycles. The van der Waals surface area contributed by atoms with Crippen molar-refractivity contribution >= 4 is 5.91 Å². The van der Waals surface area contributed by atoms with Crippen LogP contribution in [-0.4, -0.2) is 53.0 Å². The van der Waals surface area contributed by atoms with Crippen molar-refractivity contribution in [3.05, 3.63) is 35.4 Å². The number of aryl methyl sites for hydroxylation is 1. The highest BCUT2D eigenvalue weighted by Crippen LogP contribution is 2.18. The first-order valence-corrected chi connectivity index (χ1v) is 7.26. The largest absolute Gasteiger partial charge is 0.378 e. The summed E-state index contributed by atoms with van der Waals surface area (Å²) in [5.41, 5.74) is 1.74. The Kier molecular flexibility index (Phi) is 4.78. The number of carbonyl (C=O) groups is 1. The zero-order valence-corrected chi connectivity index (χ0v) is 12.5. The Labute approximate surface area is 121 Å². The van der Waals surface area contributed by atoms with Crippen molar-refractivity contribution in [3.63, 3.8) is 0 Å². The molecule has 0 saturated carbocycles. The lowest BCUT2D eigenvalue weighted by molar-refractivity contribution is -0.142. The van der Waals surface area contributed by atoms with Crippen molar-refractivity contribution in [1.82, 2.24) is 9.80 Å². The van der Waals surface area contributed by atoms with Gasteiger partial charge >= 0.3 is 0 Å². The van der Waals surface area contributed by atoms with Crippen molar-refractivity contribution < 1.29 is 9.90 Å². The molecular weight excluding hydrogens is 252 g/mol. The first kappa shape index (κ1) is 15.0. The van der Waals surface area contributed by atoms with Crippen LogP contribution in [0.1, 0.15) is 31.1 Å². The third-order valence-electron chi connectivity index (χ3n) is 3.95. The molecule has 4 nitrogen and oxygen atoms in total. The summed E-state index contributed by atoms with van der Waals surface area (Å²) in [5.74, 6) is -0.181. The molecule has 1 aromatic rings. The van der Waals surface area contributed by atoms with Crippen LogP contribution < -0.4 is 0 Å². The number of hydrogen-bond acceptors (Lipinski definition) is 3. The van der Waals surface area contributed by atoms with Gasteiger partial charge in [-0.05, 0) is 26.3 Å². The van der Waals surface area contributed by atoms with Crippen LogP contribution >= 0.6 is 0 Å². The molecule has 0 radical (unpaired) electrons. The smallest absolute Gasteiger partial charge is 0.256 e. The predicted octanol–water partition coefficient (Wildman–Crippen LogP) is 1.58. The minimum absolute atomic E-state index is 0.181. The predicted molar refractivity (Wildman–Crippen MR) is 79.4 cm³/mol.